The molecule has 1 amide bonds. The van der Waals surface area contributed by atoms with E-state index in [-0.39, 0.29) is 23.4 Å². The van der Waals surface area contributed by atoms with Gasteiger partial charge in [-0.05, 0) is 13.0 Å². The third-order valence-corrected chi connectivity index (χ3v) is 4.71. The smallest absolute Gasteiger partial charge is 0.358 e. The molecule has 1 atom stereocenters. The lowest BCUT2D eigenvalue weighted by Gasteiger charge is -2.21. The number of benzene rings is 1. The van der Waals surface area contributed by atoms with E-state index in [1.165, 1.54) is 31.8 Å². The molecule has 0 saturated carbocycles. The van der Waals surface area contributed by atoms with Crippen LogP contribution in [0.15, 0.2) is 29.2 Å². The van der Waals surface area contributed by atoms with Crippen molar-refractivity contribution in [1.82, 2.24) is 9.88 Å². The molecule has 0 aliphatic heterocycles. The highest BCUT2D eigenvalue weighted by atomic mass is 19.1. The summed E-state index contributed by atoms with van der Waals surface area (Å²) in [5.74, 6) is -3.77. The van der Waals surface area contributed by atoms with Crippen LogP contribution < -0.4 is 15.5 Å². The molecule has 0 saturated heterocycles. The van der Waals surface area contributed by atoms with Gasteiger partial charge in [0.2, 0.25) is 5.43 Å². The minimum absolute atomic E-state index is 0.0250. The predicted molar refractivity (Wildman–Crippen MR) is 109 cm³/mol. The number of ether oxygens (including phenoxy) is 4. The number of carbonyl (C=O) groups is 2. The Kier molecular flexibility index (Phi) is 8.44. The number of methoxy groups -OCH3 is 4. The van der Waals surface area contributed by atoms with E-state index < -0.39 is 47.0 Å². The third-order valence-electron chi connectivity index (χ3n) is 4.71. The SMILES string of the molecule is COC(=O)c1c(OC)c(=O)c(C(=O)NC(C)c2ccc(F)cc2F)cn1CC(OC)OC. The van der Waals surface area contributed by atoms with Crippen molar-refractivity contribution in [3.63, 3.8) is 0 Å². The van der Waals surface area contributed by atoms with Crippen molar-refractivity contribution in [2.75, 3.05) is 28.4 Å². The van der Waals surface area contributed by atoms with Crippen LogP contribution in [0.3, 0.4) is 0 Å². The number of pyridine rings is 1. The highest BCUT2D eigenvalue weighted by molar-refractivity contribution is 5.97. The number of nitrogens with zero attached hydrogens (tertiary/aromatic N) is 1. The van der Waals surface area contributed by atoms with Crippen LogP contribution in [0.2, 0.25) is 0 Å². The van der Waals surface area contributed by atoms with E-state index in [1.807, 2.05) is 0 Å². The number of aromatic nitrogens is 1. The molecule has 0 aliphatic carbocycles. The highest BCUT2D eigenvalue weighted by Gasteiger charge is 2.27. The average molecular weight is 454 g/mol. The van der Waals surface area contributed by atoms with E-state index in [0.29, 0.717) is 6.07 Å². The quantitative estimate of drug-likeness (QED) is 0.457. The Morgan fingerprint density at radius 2 is 1.78 bits per heavy atom. The summed E-state index contributed by atoms with van der Waals surface area (Å²) in [5.41, 5.74) is -1.47. The van der Waals surface area contributed by atoms with Crippen LogP contribution in [0.25, 0.3) is 0 Å². The van der Waals surface area contributed by atoms with Crippen LogP contribution in [0.1, 0.15) is 39.4 Å². The van der Waals surface area contributed by atoms with E-state index in [0.717, 1.165) is 26.5 Å². The Labute approximate surface area is 182 Å². The topological polar surface area (TPSA) is 105 Å². The van der Waals surface area contributed by atoms with Gasteiger partial charge in [-0.2, -0.15) is 0 Å². The fourth-order valence-corrected chi connectivity index (χ4v) is 3.05. The van der Waals surface area contributed by atoms with Gasteiger partial charge < -0.3 is 28.8 Å². The van der Waals surface area contributed by atoms with E-state index in [4.69, 9.17) is 18.9 Å². The van der Waals surface area contributed by atoms with Crippen LogP contribution in [0.4, 0.5) is 8.78 Å². The molecule has 0 radical (unpaired) electrons. The molecule has 0 aliphatic rings. The summed E-state index contributed by atoms with van der Waals surface area (Å²) in [6, 6.07) is 2.04. The van der Waals surface area contributed by atoms with Crippen molar-refractivity contribution in [3.8, 4) is 5.75 Å². The van der Waals surface area contributed by atoms with Crippen molar-refractivity contribution in [2.24, 2.45) is 0 Å². The minimum atomic E-state index is -0.895. The monoisotopic (exact) mass is 454 g/mol. The van der Waals surface area contributed by atoms with Crippen molar-refractivity contribution in [2.45, 2.75) is 25.8 Å². The third kappa shape index (κ3) is 5.29. The van der Waals surface area contributed by atoms with Gasteiger partial charge in [-0.3, -0.25) is 9.59 Å². The number of nitrogens with one attached hydrogen (secondary N) is 1. The van der Waals surface area contributed by atoms with Crippen LogP contribution in [-0.4, -0.2) is 51.2 Å². The van der Waals surface area contributed by atoms with Crippen molar-refractivity contribution < 1.29 is 37.3 Å². The maximum atomic E-state index is 14.1. The van der Waals surface area contributed by atoms with E-state index in [9.17, 15) is 23.2 Å². The van der Waals surface area contributed by atoms with Gasteiger partial charge in [0.15, 0.2) is 17.7 Å². The van der Waals surface area contributed by atoms with Gasteiger partial charge >= 0.3 is 5.97 Å². The average Bonchev–Trinajstić information content (AvgIpc) is 2.76. The number of esters is 1. The summed E-state index contributed by atoms with van der Waals surface area (Å²) in [4.78, 5) is 38.1. The molecule has 2 aromatic rings. The molecule has 1 heterocycles. The minimum Gasteiger partial charge on any atom is -0.491 e. The second-order valence-corrected chi connectivity index (χ2v) is 6.66. The maximum Gasteiger partial charge on any atom is 0.358 e. The lowest BCUT2D eigenvalue weighted by atomic mass is 10.1. The highest BCUT2D eigenvalue weighted by Crippen LogP contribution is 2.20. The summed E-state index contributed by atoms with van der Waals surface area (Å²) in [7, 11) is 5.03. The van der Waals surface area contributed by atoms with Crippen LogP contribution in [0, 0.1) is 11.6 Å². The Bertz CT molecular complexity index is 1050. The number of carbonyl (C=O) groups excluding carboxylic acids is 2. The van der Waals surface area contributed by atoms with Crippen LogP contribution in [0.5, 0.6) is 5.75 Å². The molecule has 174 valence electrons. The van der Waals surface area contributed by atoms with Crippen LogP contribution in [-0.2, 0) is 20.8 Å². The summed E-state index contributed by atoms with van der Waals surface area (Å²) in [6.45, 7) is 1.38. The van der Waals surface area contributed by atoms with E-state index in [2.05, 4.69) is 5.32 Å². The summed E-state index contributed by atoms with van der Waals surface area (Å²) in [5, 5.41) is 2.49. The molecule has 1 aromatic carbocycles. The van der Waals surface area contributed by atoms with Crippen molar-refractivity contribution >= 4 is 11.9 Å². The fraction of sp³-hybridized carbons (Fsp3) is 0.381. The molecule has 9 nitrogen and oxygen atoms in total. The van der Waals surface area contributed by atoms with Gasteiger partial charge in [-0.1, -0.05) is 6.07 Å². The number of rotatable bonds is 9. The molecular weight excluding hydrogens is 430 g/mol. The first-order chi connectivity index (χ1) is 15.2. The number of amides is 1. The number of hydrogen-bond donors (Lipinski definition) is 1. The molecule has 0 bridgehead atoms. The van der Waals surface area contributed by atoms with Gasteiger partial charge in [0.1, 0.15) is 17.2 Å². The Hall–Kier alpha value is -3.31. The maximum absolute atomic E-state index is 14.1. The first-order valence-electron chi connectivity index (χ1n) is 9.39. The van der Waals surface area contributed by atoms with Gasteiger partial charge in [0.25, 0.3) is 5.91 Å². The first kappa shape index (κ1) is 25.0. The van der Waals surface area contributed by atoms with Gasteiger partial charge in [0.05, 0.1) is 26.8 Å². The van der Waals surface area contributed by atoms with E-state index in [1.54, 1.807) is 0 Å². The second-order valence-electron chi connectivity index (χ2n) is 6.66. The molecular formula is C21H24F2N2O7. The lowest BCUT2D eigenvalue weighted by Crippen LogP contribution is -2.35. The molecule has 11 heteroatoms. The number of halogens is 2. The Balaban J connectivity index is 2.53. The molecule has 0 spiro atoms. The van der Waals surface area contributed by atoms with Crippen LogP contribution >= 0.6 is 0 Å². The summed E-state index contributed by atoms with van der Waals surface area (Å²) in [6.07, 6.45) is 0.305. The van der Waals surface area contributed by atoms with Crippen molar-refractivity contribution in [3.05, 3.63) is 63.1 Å². The first-order valence-corrected chi connectivity index (χ1v) is 9.39. The molecule has 2 rings (SSSR count). The van der Waals surface area contributed by atoms with E-state index >= 15 is 0 Å². The lowest BCUT2D eigenvalue weighted by molar-refractivity contribution is -0.111. The summed E-state index contributed by atoms with van der Waals surface area (Å²) >= 11 is 0. The fourth-order valence-electron chi connectivity index (χ4n) is 3.05. The molecule has 0 fully saturated rings. The van der Waals surface area contributed by atoms with Gasteiger partial charge in [-0.25, -0.2) is 13.6 Å². The predicted octanol–water partition coefficient (Wildman–Crippen LogP) is 2.03. The second kappa shape index (κ2) is 10.8. The largest absolute Gasteiger partial charge is 0.491 e. The zero-order chi connectivity index (χ0) is 24.0. The molecule has 1 unspecified atom stereocenters. The number of hydrogen-bond acceptors (Lipinski definition) is 7. The molecule has 1 N–H and O–H groups in total. The van der Waals surface area contributed by atoms with Gasteiger partial charge in [0, 0.05) is 32.0 Å². The molecule has 32 heavy (non-hydrogen) atoms. The zero-order valence-corrected chi connectivity index (χ0v) is 18.2. The standard InChI is InChI=1S/C21H24F2N2O7/c1-11(13-7-6-12(22)8-15(13)23)24-20(27)14-9-25(10-16(29-2)30-3)17(21(28)32-5)19(31-4)18(14)26/h6-9,11,16H,10H2,1-5H3,(H,24,27). The normalized spacial score (nSPS) is 11.9. The van der Waals surface area contributed by atoms with Crippen molar-refractivity contribution in [1.29, 1.82) is 0 Å². The van der Waals surface area contributed by atoms with Gasteiger partial charge in [-0.15, -0.1) is 0 Å². The Morgan fingerprint density at radius 1 is 1.12 bits per heavy atom. The Morgan fingerprint density at radius 3 is 2.31 bits per heavy atom. The summed E-state index contributed by atoms with van der Waals surface area (Å²) < 4.78 is 48.6. The zero-order valence-electron chi connectivity index (χ0n) is 18.2. The molecule has 1 aromatic heterocycles.